The zero-order valence-corrected chi connectivity index (χ0v) is 14.1. The number of hydrogen-bond acceptors (Lipinski definition) is 5. The van der Waals surface area contributed by atoms with E-state index in [1.165, 1.54) is 0 Å². The number of urea groups is 1. The third-order valence-corrected chi connectivity index (χ3v) is 4.41. The minimum absolute atomic E-state index is 0.176. The summed E-state index contributed by atoms with van der Waals surface area (Å²) < 4.78 is 0. The molecule has 0 aliphatic heterocycles. The van der Waals surface area contributed by atoms with Gasteiger partial charge in [-0.1, -0.05) is 12.1 Å². The number of carbonyl (C=O) groups is 1. The number of nitrogens with one attached hydrogen (secondary N) is 2. The van der Waals surface area contributed by atoms with Gasteiger partial charge in [-0.15, -0.1) is 0 Å². The molecule has 1 saturated carbocycles. The number of fused-ring (bicyclic) bond motifs is 1. The van der Waals surface area contributed by atoms with Crippen molar-refractivity contribution in [2.75, 3.05) is 24.3 Å². The van der Waals surface area contributed by atoms with Gasteiger partial charge in [-0.05, 0) is 37.8 Å². The molecule has 3 rings (SSSR count). The van der Waals surface area contributed by atoms with Crippen LogP contribution in [0.2, 0.25) is 0 Å². The topological polar surface area (TPSA) is 96.2 Å². The molecule has 0 bridgehead atoms. The van der Waals surface area contributed by atoms with Crippen LogP contribution in [0.1, 0.15) is 25.7 Å². The van der Waals surface area contributed by atoms with Crippen molar-refractivity contribution in [3.8, 4) is 0 Å². The molecule has 0 radical (unpaired) electrons. The van der Waals surface area contributed by atoms with E-state index in [-0.39, 0.29) is 6.04 Å². The van der Waals surface area contributed by atoms with Crippen molar-refractivity contribution >= 4 is 28.7 Å². The lowest BCUT2D eigenvalue weighted by molar-refractivity contribution is 0.240. The second-order valence-electron chi connectivity index (χ2n) is 6.48. The first-order valence-corrected chi connectivity index (χ1v) is 8.29. The Bertz CT molecular complexity index is 724. The first-order valence-electron chi connectivity index (χ1n) is 8.29. The maximum atomic E-state index is 10.9. The number of para-hydroxylation sites is 1. The van der Waals surface area contributed by atoms with Gasteiger partial charge in [-0.25, -0.2) is 9.78 Å². The molecule has 1 fully saturated rings. The standard InChI is InChI=1S/C17H24N6O/c1-23(2)15-13-5-3-4-6-14(13)21-17(22-15)20-12-9-7-11(8-10-12)19-16(18)24/h3-6,11-12H,7-10H2,1-2H3,(H3,18,19,24)(H,20,21,22). The summed E-state index contributed by atoms with van der Waals surface area (Å²) >= 11 is 0. The minimum Gasteiger partial charge on any atom is -0.362 e. The summed E-state index contributed by atoms with van der Waals surface area (Å²) in [5, 5.41) is 7.28. The summed E-state index contributed by atoms with van der Waals surface area (Å²) in [7, 11) is 3.97. The Kier molecular flexibility index (Phi) is 4.69. The maximum Gasteiger partial charge on any atom is 0.312 e. The molecule has 7 heteroatoms. The second-order valence-corrected chi connectivity index (χ2v) is 6.48. The number of nitrogens with zero attached hydrogens (tertiary/aromatic N) is 3. The number of primary amides is 1. The lowest BCUT2D eigenvalue weighted by Gasteiger charge is -2.29. The van der Waals surface area contributed by atoms with Crippen LogP contribution in [-0.4, -0.2) is 42.2 Å². The highest BCUT2D eigenvalue weighted by Gasteiger charge is 2.22. The molecule has 7 nitrogen and oxygen atoms in total. The SMILES string of the molecule is CN(C)c1nc(NC2CCC(NC(N)=O)CC2)nc2ccccc12. The fourth-order valence-electron chi connectivity index (χ4n) is 3.23. The van der Waals surface area contributed by atoms with Gasteiger partial charge in [0.15, 0.2) is 0 Å². The Morgan fingerprint density at radius 2 is 1.79 bits per heavy atom. The van der Waals surface area contributed by atoms with Crippen LogP contribution in [0.25, 0.3) is 10.9 Å². The summed E-state index contributed by atoms with van der Waals surface area (Å²) in [6.07, 6.45) is 3.74. The van der Waals surface area contributed by atoms with Crippen LogP contribution in [0.3, 0.4) is 0 Å². The van der Waals surface area contributed by atoms with Crippen molar-refractivity contribution in [3.05, 3.63) is 24.3 Å². The monoisotopic (exact) mass is 328 g/mol. The molecule has 4 N–H and O–H groups in total. The van der Waals surface area contributed by atoms with Crippen molar-refractivity contribution < 1.29 is 4.79 Å². The molecule has 128 valence electrons. The van der Waals surface area contributed by atoms with Crippen LogP contribution in [0.15, 0.2) is 24.3 Å². The molecule has 2 amide bonds. The average molecular weight is 328 g/mol. The minimum atomic E-state index is -0.445. The number of carbonyl (C=O) groups excluding carboxylic acids is 1. The third-order valence-electron chi connectivity index (χ3n) is 4.41. The van der Waals surface area contributed by atoms with Crippen LogP contribution in [-0.2, 0) is 0 Å². The summed E-state index contributed by atoms with van der Waals surface area (Å²) in [5.41, 5.74) is 6.12. The zero-order valence-electron chi connectivity index (χ0n) is 14.1. The van der Waals surface area contributed by atoms with Gasteiger partial charge in [-0.3, -0.25) is 0 Å². The third kappa shape index (κ3) is 3.67. The van der Waals surface area contributed by atoms with E-state index in [0.717, 1.165) is 42.4 Å². The number of benzene rings is 1. The van der Waals surface area contributed by atoms with Crippen molar-refractivity contribution in [2.45, 2.75) is 37.8 Å². The normalized spacial score (nSPS) is 20.6. The molecular weight excluding hydrogens is 304 g/mol. The fourth-order valence-corrected chi connectivity index (χ4v) is 3.23. The number of anilines is 2. The molecule has 1 aliphatic carbocycles. The number of hydrogen-bond donors (Lipinski definition) is 3. The summed E-state index contributed by atoms with van der Waals surface area (Å²) in [6, 6.07) is 8.07. The van der Waals surface area contributed by atoms with E-state index in [0.29, 0.717) is 12.0 Å². The van der Waals surface area contributed by atoms with Crippen molar-refractivity contribution in [3.63, 3.8) is 0 Å². The predicted octanol–water partition coefficient (Wildman–Crippen LogP) is 2.09. The zero-order chi connectivity index (χ0) is 17.1. The summed E-state index contributed by atoms with van der Waals surface area (Å²) in [6.45, 7) is 0. The number of aromatic nitrogens is 2. The van der Waals surface area contributed by atoms with E-state index < -0.39 is 6.03 Å². The predicted molar refractivity (Wildman–Crippen MR) is 96.3 cm³/mol. The van der Waals surface area contributed by atoms with E-state index in [1.54, 1.807) is 0 Å². The summed E-state index contributed by atoms with van der Waals surface area (Å²) in [4.78, 5) is 22.3. The fraction of sp³-hybridized carbons (Fsp3) is 0.471. The van der Waals surface area contributed by atoms with Crippen LogP contribution in [0.5, 0.6) is 0 Å². The van der Waals surface area contributed by atoms with Crippen LogP contribution >= 0.6 is 0 Å². The lowest BCUT2D eigenvalue weighted by atomic mass is 9.91. The molecule has 2 aromatic rings. The maximum absolute atomic E-state index is 10.9. The summed E-state index contributed by atoms with van der Waals surface area (Å²) in [5.74, 6) is 1.57. The second kappa shape index (κ2) is 6.90. The van der Waals surface area contributed by atoms with Crippen LogP contribution in [0.4, 0.5) is 16.6 Å². The molecule has 0 unspecified atom stereocenters. The van der Waals surface area contributed by atoms with E-state index in [4.69, 9.17) is 5.73 Å². The Hall–Kier alpha value is -2.57. The van der Waals surface area contributed by atoms with Gasteiger partial charge in [0.25, 0.3) is 0 Å². The lowest BCUT2D eigenvalue weighted by Crippen LogP contribution is -2.42. The molecule has 0 atom stereocenters. The van der Waals surface area contributed by atoms with Gasteiger partial charge in [0.2, 0.25) is 5.95 Å². The van der Waals surface area contributed by atoms with E-state index >= 15 is 0 Å². The Balaban J connectivity index is 1.73. The average Bonchev–Trinajstić information content (AvgIpc) is 2.55. The molecular formula is C17H24N6O. The Morgan fingerprint density at radius 1 is 1.12 bits per heavy atom. The highest BCUT2D eigenvalue weighted by atomic mass is 16.2. The Morgan fingerprint density at radius 3 is 2.46 bits per heavy atom. The highest BCUT2D eigenvalue weighted by molar-refractivity contribution is 5.90. The van der Waals surface area contributed by atoms with Crippen LogP contribution < -0.4 is 21.3 Å². The molecule has 0 spiro atoms. The highest BCUT2D eigenvalue weighted by Crippen LogP contribution is 2.26. The van der Waals surface area contributed by atoms with Crippen molar-refractivity contribution in [2.24, 2.45) is 5.73 Å². The molecule has 1 aromatic carbocycles. The molecule has 24 heavy (non-hydrogen) atoms. The van der Waals surface area contributed by atoms with Gasteiger partial charge in [0.05, 0.1) is 5.52 Å². The van der Waals surface area contributed by atoms with Crippen LogP contribution in [0, 0.1) is 0 Å². The number of amides is 2. The van der Waals surface area contributed by atoms with Gasteiger partial charge in [0.1, 0.15) is 5.82 Å². The quantitative estimate of drug-likeness (QED) is 0.798. The van der Waals surface area contributed by atoms with E-state index in [1.807, 2.05) is 43.3 Å². The smallest absolute Gasteiger partial charge is 0.312 e. The largest absolute Gasteiger partial charge is 0.362 e. The number of rotatable bonds is 4. The Labute approximate surface area is 141 Å². The first-order chi connectivity index (χ1) is 11.5. The molecule has 0 saturated heterocycles. The molecule has 1 heterocycles. The molecule has 1 aromatic heterocycles. The number of nitrogens with two attached hydrogens (primary N) is 1. The van der Waals surface area contributed by atoms with Gasteiger partial charge in [0, 0.05) is 31.6 Å². The van der Waals surface area contributed by atoms with Gasteiger partial charge < -0.3 is 21.3 Å². The van der Waals surface area contributed by atoms with Crippen molar-refractivity contribution in [1.29, 1.82) is 0 Å². The molecule has 1 aliphatic rings. The van der Waals surface area contributed by atoms with E-state index in [2.05, 4.69) is 20.6 Å². The van der Waals surface area contributed by atoms with Gasteiger partial charge in [-0.2, -0.15) is 4.98 Å². The van der Waals surface area contributed by atoms with E-state index in [9.17, 15) is 4.79 Å². The van der Waals surface area contributed by atoms with Gasteiger partial charge >= 0.3 is 6.03 Å². The first kappa shape index (κ1) is 16.3. The van der Waals surface area contributed by atoms with Crippen molar-refractivity contribution in [1.82, 2.24) is 15.3 Å².